The molecular weight excluding hydrogens is 376 g/mol. The van der Waals surface area contributed by atoms with E-state index in [-0.39, 0.29) is 17.6 Å². The zero-order chi connectivity index (χ0) is 21.3. The third-order valence-corrected chi connectivity index (χ3v) is 4.82. The molecule has 156 valence electrons. The molecule has 0 fully saturated rings. The van der Waals surface area contributed by atoms with E-state index in [1.54, 1.807) is 24.3 Å². The molecule has 0 heterocycles. The minimum Gasteiger partial charge on any atom is -0.508 e. The molecule has 30 heavy (non-hydrogen) atoms. The Balaban J connectivity index is 1.70. The van der Waals surface area contributed by atoms with Crippen LogP contribution < -0.4 is 10.1 Å². The van der Waals surface area contributed by atoms with Crippen molar-refractivity contribution in [2.75, 3.05) is 32.6 Å². The van der Waals surface area contributed by atoms with Gasteiger partial charge in [-0.25, -0.2) is 0 Å². The lowest BCUT2D eigenvalue weighted by atomic mass is 9.91. The van der Waals surface area contributed by atoms with Gasteiger partial charge in [0.05, 0.1) is 5.92 Å². The van der Waals surface area contributed by atoms with Gasteiger partial charge in [0.25, 0.3) is 0 Å². The first-order valence-electron chi connectivity index (χ1n) is 10.0. The molecule has 0 radical (unpaired) electrons. The van der Waals surface area contributed by atoms with E-state index >= 15 is 0 Å². The van der Waals surface area contributed by atoms with E-state index in [9.17, 15) is 9.90 Å². The van der Waals surface area contributed by atoms with Crippen LogP contribution in [0.15, 0.2) is 78.9 Å². The number of ether oxygens (including phenoxy) is 1. The summed E-state index contributed by atoms with van der Waals surface area (Å²) in [6.07, 6.45) is 0.573. The quantitative estimate of drug-likeness (QED) is 0.558. The Bertz CT molecular complexity index is 923. The summed E-state index contributed by atoms with van der Waals surface area (Å²) in [5.74, 6) is 0.492. The highest BCUT2D eigenvalue weighted by atomic mass is 16.5. The van der Waals surface area contributed by atoms with Gasteiger partial charge in [-0.3, -0.25) is 4.79 Å². The number of hydrogen-bond acceptors (Lipinski definition) is 4. The highest BCUT2D eigenvalue weighted by molar-refractivity contribution is 5.96. The molecule has 0 spiro atoms. The number of aromatic hydroxyl groups is 1. The molecule has 1 amide bonds. The SMILES string of the molecule is CN(C)CCOc1ccc(NC(=O)C(Cc2ccccc2)c2ccc(O)cc2)cc1. The van der Waals surface area contributed by atoms with Crippen LogP contribution in [0.4, 0.5) is 5.69 Å². The van der Waals surface area contributed by atoms with Crippen LogP contribution in [0.2, 0.25) is 0 Å². The molecule has 1 unspecified atom stereocenters. The number of benzene rings is 3. The van der Waals surface area contributed by atoms with Gasteiger partial charge >= 0.3 is 0 Å². The van der Waals surface area contributed by atoms with Crippen molar-refractivity contribution in [3.05, 3.63) is 90.0 Å². The molecule has 0 aliphatic heterocycles. The molecular formula is C25H28N2O3. The van der Waals surface area contributed by atoms with Crippen molar-refractivity contribution < 1.29 is 14.6 Å². The lowest BCUT2D eigenvalue weighted by molar-refractivity contribution is -0.117. The molecule has 0 aromatic heterocycles. The van der Waals surface area contributed by atoms with Crippen LogP contribution in [0, 0.1) is 0 Å². The van der Waals surface area contributed by atoms with Crippen molar-refractivity contribution in [1.29, 1.82) is 0 Å². The lowest BCUT2D eigenvalue weighted by Gasteiger charge is -2.18. The molecule has 0 aliphatic carbocycles. The van der Waals surface area contributed by atoms with Gasteiger partial charge in [0.15, 0.2) is 0 Å². The standard InChI is InChI=1S/C25H28N2O3/c1-27(2)16-17-30-23-14-10-21(11-15-23)26-25(29)24(18-19-6-4-3-5-7-19)20-8-12-22(28)13-9-20/h3-15,24,28H,16-18H2,1-2H3,(H,26,29). The van der Waals surface area contributed by atoms with Crippen molar-refractivity contribution in [1.82, 2.24) is 4.90 Å². The number of hydrogen-bond donors (Lipinski definition) is 2. The van der Waals surface area contributed by atoms with E-state index < -0.39 is 0 Å². The van der Waals surface area contributed by atoms with E-state index in [2.05, 4.69) is 10.2 Å². The van der Waals surface area contributed by atoms with Crippen LogP contribution in [0.5, 0.6) is 11.5 Å². The molecule has 5 heteroatoms. The molecule has 0 saturated carbocycles. The topological polar surface area (TPSA) is 61.8 Å². The summed E-state index contributed by atoms with van der Waals surface area (Å²) in [4.78, 5) is 15.2. The number of amides is 1. The van der Waals surface area contributed by atoms with Crippen molar-refractivity contribution >= 4 is 11.6 Å². The van der Waals surface area contributed by atoms with Gasteiger partial charge in [0.2, 0.25) is 5.91 Å². The Morgan fingerprint density at radius 1 is 0.967 bits per heavy atom. The summed E-state index contributed by atoms with van der Waals surface area (Å²) in [5, 5.41) is 12.6. The molecule has 3 rings (SSSR count). The maximum absolute atomic E-state index is 13.1. The highest BCUT2D eigenvalue weighted by Gasteiger charge is 2.21. The Morgan fingerprint density at radius 2 is 1.63 bits per heavy atom. The second-order valence-electron chi connectivity index (χ2n) is 7.50. The summed E-state index contributed by atoms with van der Waals surface area (Å²) in [6.45, 7) is 1.45. The molecule has 0 bridgehead atoms. The van der Waals surface area contributed by atoms with Crippen LogP contribution in [0.3, 0.4) is 0 Å². The maximum atomic E-state index is 13.1. The number of carbonyl (C=O) groups excluding carboxylic acids is 1. The molecule has 5 nitrogen and oxygen atoms in total. The summed E-state index contributed by atoms with van der Waals surface area (Å²) in [5.41, 5.74) is 2.66. The number of anilines is 1. The monoisotopic (exact) mass is 404 g/mol. The van der Waals surface area contributed by atoms with Crippen molar-refractivity contribution in [2.24, 2.45) is 0 Å². The van der Waals surface area contributed by atoms with Gasteiger partial charge in [-0.15, -0.1) is 0 Å². The van der Waals surface area contributed by atoms with E-state index in [1.807, 2.05) is 68.7 Å². The number of nitrogens with one attached hydrogen (secondary N) is 1. The first kappa shape index (κ1) is 21.4. The first-order chi connectivity index (χ1) is 14.5. The normalized spacial score (nSPS) is 11.8. The third kappa shape index (κ3) is 6.36. The zero-order valence-electron chi connectivity index (χ0n) is 17.4. The van der Waals surface area contributed by atoms with Crippen molar-refractivity contribution in [3.8, 4) is 11.5 Å². The molecule has 1 atom stereocenters. The molecule has 0 saturated heterocycles. The van der Waals surface area contributed by atoms with Gasteiger partial charge in [-0.1, -0.05) is 42.5 Å². The fourth-order valence-corrected chi connectivity index (χ4v) is 3.13. The summed E-state index contributed by atoms with van der Waals surface area (Å²) < 4.78 is 5.71. The average Bonchev–Trinajstić information content (AvgIpc) is 2.74. The number of rotatable bonds is 9. The van der Waals surface area contributed by atoms with Gasteiger partial charge < -0.3 is 20.1 Å². The van der Waals surface area contributed by atoms with Crippen LogP contribution in [-0.2, 0) is 11.2 Å². The van der Waals surface area contributed by atoms with E-state index in [1.165, 1.54) is 0 Å². The predicted octanol–water partition coefficient (Wildman–Crippen LogP) is 4.30. The predicted molar refractivity (Wildman–Crippen MR) is 120 cm³/mol. The van der Waals surface area contributed by atoms with Crippen LogP contribution >= 0.6 is 0 Å². The minimum atomic E-state index is -0.371. The summed E-state index contributed by atoms with van der Waals surface area (Å²) in [7, 11) is 4.00. The first-order valence-corrected chi connectivity index (χ1v) is 10.0. The minimum absolute atomic E-state index is 0.0918. The van der Waals surface area contributed by atoms with Gasteiger partial charge in [-0.2, -0.15) is 0 Å². The van der Waals surface area contributed by atoms with E-state index in [0.717, 1.165) is 29.1 Å². The Morgan fingerprint density at radius 3 is 2.27 bits per heavy atom. The number of phenolic OH excluding ortho intramolecular Hbond substituents is 1. The van der Waals surface area contributed by atoms with E-state index in [4.69, 9.17) is 4.74 Å². The fourth-order valence-electron chi connectivity index (χ4n) is 3.13. The zero-order valence-corrected chi connectivity index (χ0v) is 17.4. The Hall–Kier alpha value is -3.31. The van der Waals surface area contributed by atoms with Gasteiger partial charge in [-0.05, 0) is 68.0 Å². The number of carbonyl (C=O) groups is 1. The highest BCUT2D eigenvalue weighted by Crippen LogP contribution is 2.25. The largest absolute Gasteiger partial charge is 0.508 e. The number of likely N-dealkylation sites (N-methyl/N-ethyl adjacent to an activating group) is 1. The fraction of sp³-hybridized carbons (Fsp3) is 0.240. The van der Waals surface area contributed by atoms with Crippen LogP contribution in [-0.4, -0.2) is 43.2 Å². The Labute approximate surface area is 177 Å². The molecule has 2 N–H and O–H groups in total. The van der Waals surface area contributed by atoms with Crippen LogP contribution in [0.25, 0.3) is 0 Å². The van der Waals surface area contributed by atoms with Crippen molar-refractivity contribution in [3.63, 3.8) is 0 Å². The van der Waals surface area contributed by atoms with Gasteiger partial charge in [0, 0.05) is 12.2 Å². The molecule has 3 aromatic carbocycles. The maximum Gasteiger partial charge on any atom is 0.232 e. The van der Waals surface area contributed by atoms with Crippen molar-refractivity contribution in [2.45, 2.75) is 12.3 Å². The smallest absolute Gasteiger partial charge is 0.232 e. The van der Waals surface area contributed by atoms with Crippen LogP contribution in [0.1, 0.15) is 17.0 Å². The second kappa shape index (κ2) is 10.5. The second-order valence-corrected chi connectivity index (χ2v) is 7.50. The molecule has 3 aromatic rings. The van der Waals surface area contributed by atoms with Gasteiger partial charge in [0.1, 0.15) is 18.1 Å². The average molecular weight is 405 g/mol. The lowest BCUT2D eigenvalue weighted by Crippen LogP contribution is -2.23. The molecule has 0 aliphatic rings. The summed E-state index contributed by atoms with van der Waals surface area (Å²) in [6, 6.07) is 24.2. The Kier molecular flexibility index (Phi) is 7.46. The number of nitrogens with zero attached hydrogens (tertiary/aromatic N) is 1. The third-order valence-electron chi connectivity index (χ3n) is 4.82. The number of phenols is 1. The van der Waals surface area contributed by atoms with E-state index in [0.29, 0.717) is 13.0 Å². The summed E-state index contributed by atoms with van der Waals surface area (Å²) >= 11 is 0.